The molecule has 0 spiro atoms. The lowest BCUT2D eigenvalue weighted by atomic mass is 10.1. The van der Waals surface area contributed by atoms with Crippen LogP contribution in [0.25, 0.3) is 0 Å². The molecule has 0 heterocycles. The average molecular weight is 322 g/mol. The van der Waals surface area contributed by atoms with E-state index in [-0.39, 0.29) is 5.91 Å². The highest BCUT2D eigenvalue weighted by atomic mass is 16.2. The van der Waals surface area contributed by atoms with E-state index in [1.165, 1.54) is 11.1 Å². The molecule has 2 aromatic rings. The minimum atomic E-state index is 0.233. The number of carbonyl (C=O) groups is 1. The summed E-state index contributed by atoms with van der Waals surface area (Å²) in [5.74, 6) is 0.233. The van der Waals surface area contributed by atoms with Gasteiger partial charge in [0.2, 0.25) is 5.91 Å². The van der Waals surface area contributed by atoms with Crippen LogP contribution in [-0.2, 0) is 11.3 Å². The second kappa shape index (κ2) is 7.52. The van der Waals surface area contributed by atoms with Crippen molar-refractivity contribution in [3.8, 4) is 0 Å². The monoisotopic (exact) mass is 322 g/mol. The molecular weight excluding hydrogens is 296 g/mol. The Morgan fingerprint density at radius 2 is 1.71 bits per heavy atom. The fraction of sp³-hybridized carbons (Fsp3) is 0.381. The molecule has 0 saturated heterocycles. The van der Waals surface area contributed by atoms with Gasteiger partial charge in [0.05, 0.1) is 6.54 Å². The van der Waals surface area contributed by atoms with E-state index in [2.05, 4.69) is 55.1 Å². The Bertz CT molecular complexity index is 662. The lowest BCUT2D eigenvalue weighted by Crippen LogP contribution is -2.41. The predicted molar refractivity (Wildman–Crippen MR) is 99.1 cm³/mol. The third-order valence-electron chi connectivity index (χ3n) is 4.59. The minimum absolute atomic E-state index is 0.233. The smallest absolute Gasteiger partial charge is 0.242 e. The molecule has 1 fully saturated rings. The minimum Gasteiger partial charge on any atom is -0.358 e. The number of hydrogen-bond acceptors (Lipinski definition) is 2. The van der Waals surface area contributed by atoms with Crippen LogP contribution < -0.4 is 4.90 Å². The predicted octanol–water partition coefficient (Wildman–Crippen LogP) is 4.01. The van der Waals surface area contributed by atoms with Gasteiger partial charge in [0, 0.05) is 24.8 Å². The summed E-state index contributed by atoms with van der Waals surface area (Å²) >= 11 is 0. The Balaban J connectivity index is 1.78. The number of anilines is 1. The van der Waals surface area contributed by atoms with E-state index in [4.69, 9.17) is 0 Å². The van der Waals surface area contributed by atoms with Gasteiger partial charge in [-0.25, -0.2) is 0 Å². The zero-order valence-electron chi connectivity index (χ0n) is 14.6. The van der Waals surface area contributed by atoms with Crippen molar-refractivity contribution >= 4 is 11.6 Å². The third-order valence-corrected chi connectivity index (χ3v) is 4.59. The number of amides is 1. The first kappa shape index (κ1) is 16.6. The number of rotatable bonds is 7. The molecule has 0 bridgehead atoms. The van der Waals surface area contributed by atoms with Crippen LogP contribution in [0.2, 0.25) is 0 Å². The second-order valence-corrected chi connectivity index (χ2v) is 6.59. The SMILES string of the molecule is CCN(C(=O)CN(Cc1ccccc1)c1ccc(C)cc1)C1CC1. The normalized spacial score (nSPS) is 13.6. The number of benzene rings is 2. The van der Waals surface area contributed by atoms with Gasteiger partial charge in [-0.05, 0) is 44.4 Å². The Morgan fingerprint density at radius 1 is 1.04 bits per heavy atom. The molecule has 0 aliphatic heterocycles. The van der Waals surface area contributed by atoms with Crippen LogP contribution in [0.15, 0.2) is 54.6 Å². The maximum atomic E-state index is 12.8. The van der Waals surface area contributed by atoms with Gasteiger partial charge in [-0.2, -0.15) is 0 Å². The molecular formula is C21H26N2O. The Hall–Kier alpha value is -2.29. The molecule has 24 heavy (non-hydrogen) atoms. The van der Waals surface area contributed by atoms with Crippen LogP contribution in [-0.4, -0.2) is 29.9 Å². The van der Waals surface area contributed by atoms with Crippen molar-refractivity contribution in [2.45, 2.75) is 39.3 Å². The second-order valence-electron chi connectivity index (χ2n) is 6.59. The highest BCUT2D eigenvalue weighted by Crippen LogP contribution is 2.27. The van der Waals surface area contributed by atoms with E-state index in [9.17, 15) is 4.79 Å². The largest absolute Gasteiger partial charge is 0.358 e. The van der Waals surface area contributed by atoms with Crippen LogP contribution in [0.5, 0.6) is 0 Å². The first-order valence-electron chi connectivity index (χ1n) is 8.82. The molecule has 1 saturated carbocycles. The van der Waals surface area contributed by atoms with Crippen molar-refractivity contribution in [2.75, 3.05) is 18.0 Å². The Morgan fingerprint density at radius 3 is 2.29 bits per heavy atom. The standard InChI is InChI=1S/C21H26N2O/c1-3-23(20-13-14-20)21(24)16-22(15-18-7-5-4-6-8-18)19-11-9-17(2)10-12-19/h4-12,20H,3,13-16H2,1-2H3. The van der Waals surface area contributed by atoms with Crippen molar-refractivity contribution in [1.82, 2.24) is 4.90 Å². The van der Waals surface area contributed by atoms with Gasteiger partial charge in [-0.3, -0.25) is 4.79 Å². The van der Waals surface area contributed by atoms with E-state index in [1.54, 1.807) is 0 Å². The van der Waals surface area contributed by atoms with Crippen LogP contribution in [0.1, 0.15) is 30.9 Å². The molecule has 0 radical (unpaired) electrons. The van der Waals surface area contributed by atoms with Crippen molar-refractivity contribution in [2.24, 2.45) is 0 Å². The molecule has 3 rings (SSSR count). The zero-order valence-corrected chi connectivity index (χ0v) is 14.6. The van der Waals surface area contributed by atoms with E-state index >= 15 is 0 Å². The van der Waals surface area contributed by atoms with Gasteiger partial charge in [0.25, 0.3) is 0 Å². The molecule has 0 atom stereocenters. The lowest BCUT2D eigenvalue weighted by Gasteiger charge is -2.28. The van der Waals surface area contributed by atoms with E-state index < -0.39 is 0 Å². The highest BCUT2D eigenvalue weighted by molar-refractivity contribution is 5.82. The molecule has 0 unspecified atom stereocenters. The number of hydrogen-bond donors (Lipinski definition) is 0. The van der Waals surface area contributed by atoms with Gasteiger partial charge in [0.15, 0.2) is 0 Å². The van der Waals surface area contributed by atoms with Crippen LogP contribution >= 0.6 is 0 Å². The Kier molecular flexibility index (Phi) is 5.19. The summed E-state index contributed by atoms with van der Waals surface area (Å²) in [5, 5.41) is 0. The molecule has 0 aromatic heterocycles. The summed E-state index contributed by atoms with van der Waals surface area (Å²) in [5.41, 5.74) is 3.56. The fourth-order valence-corrected chi connectivity index (χ4v) is 3.08. The lowest BCUT2D eigenvalue weighted by molar-refractivity contribution is -0.130. The molecule has 1 aliphatic carbocycles. The van der Waals surface area contributed by atoms with Crippen molar-refractivity contribution in [3.63, 3.8) is 0 Å². The zero-order chi connectivity index (χ0) is 16.9. The number of nitrogens with zero attached hydrogens (tertiary/aromatic N) is 2. The van der Waals surface area contributed by atoms with E-state index in [0.717, 1.165) is 31.6 Å². The number of likely N-dealkylation sites (N-methyl/N-ethyl adjacent to an activating group) is 1. The van der Waals surface area contributed by atoms with Gasteiger partial charge >= 0.3 is 0 Å². The summed E-state index contributed by atoms with van der Waals surface area (Å²) in [7, 11) is 0. The topological polar surface area (TPSA) is 23.6 Å². The summed E-state index contributed by atoms with van der Waals surface area (Å²) in [6, 6.07) is 19.3. The highest BCUT2D eigenvalue weighted by Gasteiger charge is 2.31. The van der Waals surface area contributed by atoms with E-state index in [1.807, 2.05) is 23.1 Å². The van der Waals surface area contributed by atoms with Crippen molar-refractivity contribution in [1.29, 1.82) is 0 Å². The maximum Gasteiger partial charge on any atom is 0.242 e. The van der Waals surface area contributed by atoms with E-state index in [0.29, 0.717) is 12.6 Å². The summed E-state index contributed by atoms with van der Waals surface area (Å²) in [4.78, 5) is 17.0. The van der Waals surface area contributed by atoms with Gasteiger partial charge < -0.3 is 9.80 Å². The molecule has 3 nitrogen and oxygen atoms in total. The quantitative estimate of drug-likeness (QED) is 0.769. The first-order chi connectivity index (χ1) is 11.7. The van der Waals surface area contributed by atoms with Crippen LogP contribution in [0, 0.1) is 6.92 Å². The molecule has 1 amide bonds. The average Bonchev–Trinajstić information content (AvgIpc) is 3.41. The fourth-order valence-electron chi connectivity index (χ4n) is 3.08. The summed E-state index contributed by atoms with van der Waals surface area (Å²) in [6.07, 6.45) is 2.31. The van der Waals surface area contributed by atoms with Crippen LogP contribution in [0.4, 0.5) is 5.69 Å². The van der Waals surface area contributed by atoms with Gasteiger partial charge in [0.1, 0.15) is 0 Å². The number of carbonyl (C=O) groups excluding carboxylic acids is 1. The van der Waals surface area contributed by atoms with Crippen molar-refractivity contribution < 1.29 is 4.79 Å². The Labute approximate surface area is 144 Å². The third kappa shape index (κ3) is 4.16. The maximum absolute atomic E-state index is 12.8. The molecule has 3 heteroatoms. The summed E-state index contributed by atoms with van der Waals surface area (Å²) < 4.78 is 0. The molecule has 1 aliphatic rings. The number of aryl methyl sites for hydroxylation is 1. The van der Waals surface area contributed by atoms with Gasteiger partial charge in [-0.1, -0.05) is 48.0 Å². The molecule has 2 aromatic carbocycles. The van der Waals surface area contributed by atoms with Gasteiger partial charge in [-0.15, -0.1) is 0 Å². The summed E-state index contributed by atoms with van der Waals surface area (Å²) in [6.45, 7) is 6.14. The molecule has 0 N–H and O–H groups in total. The van der Waals surface area contributed by atoms with Crippen LogP contribution in [0.3, 0.4) is 0 Å². The van der Waals surface area contributed by atoms with Crippen molar-refractivity contribution in [3.05, 3.63) is 65.7 Å². The first-order valence-corrected chi connectivity index (χ1v) is 8.82. The molecule has 126 valence electrons.